The van der Waals surface area contributed by atoms with Crippen LogP contribution >= 0.6 is 0 Å². The van der Waals surface area contributed by atoms with Gasteiger partial charge in [0.2, 0.25) is 0 Å². The van der Waals surface area contributed by atoms with E-state index in [0.717, 1.165) is 31.5 Å². The molecule has 1 aromatic carbocycles. The Balaban J connectivity index is 2.34. The smallest absolute Gasteiger partial charge is 0.124 e. The summed E-state index contributed by atoms with van der Waals surface area (Å²) in [5.41, 5.74) is 1.06. The second-order valence-electron chi connectivity index (χ2n) is 4.16. The molecule has 2 nitrogen and oxygen atoms in total. The van der Waals surface area contributed by atoms with Crippen LogP contribution in [0.4, 0.5) is 4.39 Å². The van der Waals surface area contributed by atoms with Crippen molar-refractivity contribution in [3.8, 4) is 0 Å². The highest BCUT2D eigenvalue weighted by molar-refractivity contribution is 7.84. The molecule has 0 radical (unpaired) electrons. The molecule has 1 aliphatic rings. The van der Waals surface area contributed by atoms with E-state index in [1.54, 1.807) is 12.3 Å². The summed E-state index contributed by atoms with van der Waals surface area (Å²) in [4.78, 5) is 0.659. The summed E-state index contributed by atoms with van der Waals surface area (Å²) in [5, 5.41) is 3.29. The van der Waals surface area contributed by atoms with Gasteiger partial charge in [0.05, 0.1) is 10.8 Å². The fourth-order valence-electron chi connectivity index (χ4n) is 2.23. The first-order valence-corrected chi connectivity index (χ1v) is 7.08. The first-order valence-electron chi connectivity index (χ1n) is 5.52. The Morgan fingerprint density at radius 1 is 1.38 bits per heavy atom. The van der Waals surface area contributed by atoms with E-state index in [1.165, 1.54) is 12.1 Å². The fraction of sp³-hybridized carbons (Fsp3) is 0.500. The number of benzene rings is 1. The van der Waals surface area contributed by atoms with Gasteiger partial charge in [-0.25, -0.2) is 4.39 Å². The molecule has 16 heavy (non-hydrogen) atoms. The third kappa shape index (κ3) is 2.50. The molecule has 1 aliphatic heterocycles. The second-order valence-corrected chi connectivity index (χ2v) is 5.51. The van der Waals surface area contributed by atoms with E-state index in [1.807, 2.05) is 0 Å². The number of nitrogens with one attached hydrogen (secondary N) is 1. The van der Waals surface area contributed by atoms with Crippen molar-refractivity contribution in [2.45, 2.75) is 23.7 Å². The van der Waals surface area contributed by atoms with Crippen molar-refractivity contribution < 1.29 is 8.60 Å². The molecule has 1 N–H and O–H groups in total. The quantitative estimate of drug-likeness (QED) is 0.858. The molecular formula is C12H16FNOS. The van der Waals surface area contributed by atoms with Crippen LogP contribution in [0.15, 0.2) is 23.1 Å². The van der Waals surface area contributed by atoms with Crippen molar-refractivity contribution in [3.63, 3.8) is 0 Å². The van der Waals surface area contributed by atoms with Gasteiger partial charge in [0, 0.05) is 11.2 Å². The second kappa shape index (κ2) is 5.06. The lowest BCUT2D eigenvalue weighted by Crippen LogP contribution is -2.27. The topological polar surface area (TPSA) is 29.1 Å². The summed E-state index contributed by atoms with van der Waals surface area (Å²) < 4.78 is 24.7. The van der Waals surface area contributed by atoms with Gasteiger partial charge < -0.3 is 5.32 Å². The Bertz CT molecular complexity index is 402. The zero-order chi connectivity index (χ0) is 11.5. The van der Waals surface area contributed by atoms with E-state index in [9.17, 15) is 8.60 Å². The number of rotatable bonds is 2. The van der Waals surface area contributed by atoms with Crippen molar-refractivity contribution in [3.05, 3.63) is 29.6 Å². The molecule has 4 heteroatoms. The first-order chi connectivity index (χ1) is 7.68. The van der Waals surface area contributed by atoms with Gasteiger partial charge in [-0.1, -0.05) is 6.07 Å². The molecule has 0 aromatic heterocycles. The predicted molar refractivity (Wildman–Crippen MR) is 63.6 cm³/mol. The van der Waals surface area contributed by atoms with Gasteiger partial charge in [-0.15, -0.1) is 0 Å². The monoisotopic (exact) mass is 241 g/mol. The summed E-state index contributed by atoms with van der Waals surface area (Å²) in [7, 11) is -1.11. The van der Waals surface area contributed by atoms with Crippen LogP contribution in [0.1, 0.15) is 24.3 Å². The zero-order valence-electron chi connectivity index (χ0n) is 9.33. The van der Waals surface area contributed by atoms with Crippen molar-refractivity contribution in [2.75, 3.05) is 19.3 Å². The Morgan fingerprint density at radius 2 is 2.06 bits per heavy atom. The minimum atomic E-state index is -1.11. The zero-order valence-corrected chi connectivity index (χ0v) is 10.1. The van der Waals surface area contributed by atoms with E-state index in [2.05, 4.69) is 5.32 Å². The average Bonchev–Trinajstić information content (AvgIpc) is 2.30. The third-order valence-corrected chi connectivity index (χ3v) is 4.04. The summed E-state index contributed by atoms with van der Waals surface area (Å²) in [5.74, 6) is 0.114. The van der Waals surface area contributed by atoms with Crippen molar-refractivity contribution >= 4 is 10.8 Å². The van der Waals surface area contributed by atoms with Crippen molar-refractivity contribution in [2.24, 2.45) is 0 Å². The number of piperidine rings is 1. The van der Waals surface area contributed by atoms with Gasteiger partial charge >= 0.3 is 0 Å². The first kappa shape index (κ1) is 11.7. The Kier molecular flexibility index (Phi) is 3.71. The van der Waals surface area contributed by atoms with Gasteiger partial charge in [0.25, 0.3) is 0 Å². The van der Waals surface area contributed by atoms with E-state index >= 15 is 0 Å². The maximum atomic E-state index is 13.1. The normalized spacial score (nSPS) is 19.6. The standard InChI is InChI=1S/C12H16FNOS/c1-16(15)12-8-10(13)2-3-11(12)9-4-6-14-7-5-9/h2-3,8-9,14H,4-7H2,1H3. The largest absolute Gasteiger partial charge is 0.317 e. The summed E-state index contributed by atoms with van der Waals surface area (Å²) in [6.07, 6.45) is 3.69. The van der Waals surface area contributed by atoms with Gasteiger partial charge in [-0.2, -0.15) is 0 Å². The number of hydrogen-bond donors (Lipinski definition) is 1. The molecule has 1 atom stereocenters. The molecular weight excluding hydrogens is 225 g/mol. The summed E-state index contributed by atoms with van der Waals surface area (Å²) in [6.45, 7) is 1.97. The van der Waals surface area contributed by atoms with E-state index < -0.39 is 10.8 Å². The van der Waals surface area contributed by atoms with Crippen LogP contribution in [0.3, 0.4) is 0 Å². The van der Waals surface area contributed by atoms with Crippen LogP contribution in [-0.2, 0) is 10.8 Å². The predicted octanol–water partition coefficient (Wildman–Crippen LogP) is 2.03. The van der Waals surface area contributed by atoms with E-state index in [0.29, 0.717) is 10.8 Å². The van der Waals surface area contributed by atoms with Gasteiger partial charge in [-0.05, 0) is 49.5 Å². The van der Waals surface area contributed by atoms with Crippen LogP contribution in [0, 0.1) is 5.82 Å². The molecule has 1 saturated heterocycles. The highest BCUT2D eigenvalue weighted by atomic mass is 32.2. The SMILES string of the molecule is CS(=O)c1cc(F)ccc1C1CCNCC1. The van der Waals surface area contributed by atoms with Crippen molar-refractivity contribution in [1.29, 1.82) is 0 Å². The van der Waals surface area contributed by atoms with Crippen LogP contribution < -0.4 is 5.32 Å². The molecule has 88 valence electrons. The Hall–Kier alpha value is -0.740. The van der Waals surface area contributed by atoms with Crippen molar-refractivity contribution in [1.82, 2.24) is 5.32 Å². The maximum Gasteiger partial charge on any atom is 0.124 e. The Morgan fingerprint density at radius 3 is 2.69 bits per heavy atom. The average molecular weight is 241 g/mol. The van der Waals surface area contributed by atoms with Crippen LogP contribution in [0.2, 0.25) is 0 Å². The molecule has 0 bridgehead atoms. The lowest BCUT2D eigenvalue weighted by atomic mass is 9.90. The molecule has 1 aromatic rings. The number of halogens is 1. The van der Waals surface area contributed by atoms with Gasteiger partial charge in [-0.3, -0.25) is 4.21 Å². The Labute approximate surface area is 97.7 Å². The van der Waals surface area contributed by atoms with Gasteiger partial charge in [0.1, 0.15) is 5.82 Å². The summed E-state index contributed by atoms with van der Waals surface area (Å²) >= 11 is 0. The highest BCUT2D eigenvalue weighted by Crippen LogP contribution is 2.30. The minimum Gasteiger partial charge on any atom is -0.317 e. The molecule has 1 unspecified atom stereocenters. The fourth-order valence-corrected chi connectivity index (χ4v) is 3.07. The van der Waals surface area contributed by atoms with Crippen LogP contribution in [-0.4, -0.2) is 23.6 Å². The third-order valence-electron chi connectivity index (χ3n) is 3.06. The van der Waals surface area contributed by atoms with E-state index in [4.69, 9.17) is 0 Å². The van der Waals surface area contributed by atoms with Gasteiger partial charge in [0.15, 0.2) is 0 Å². The molecule has 0 saturated carbocycles. The molecule has 0 spiro atoms. The molecule has 1 heterocycles. The number of hydrogen-bond acceptors (Lipinski definition) is 2. The molecule has 1 fully saturated rings. The van der Waals surface area contributed by atoms with Crippen LogP contribution in [0.25, 0.3) is 0 Å². The molecule has 0 amide bonds. The minimum absolute atomic E-state index is 0.303. The molecule has 0 aliphatic carbocycles. The molecule has 2 rings (SSSR count). The highest BCUT2D eigenvalue weighted by Gasteiger charge is 2.19. The summed E-state index contributed by atoms with van der Waals surface area (Å²) in [6, 6.07) is 4.67. The van der Waals surface area contributed by atoms with E-state index in [-0.39, 0.29) is 5.82 Å². The van der Waals surface area contributed by atoms with Crippen LogP contribution in [0.5, 0.6) is 0 Å². The maximum absolute atomic E-state index is 13.1. The lowest BCUT2D eigenvalue weighted by Gasteiger charge is -2.24. The lowest BCUT2D eigenvalue weighted by molar-refractivity contribution is 0.455.